The topological polar surface area (TPSA) is 49.2 Å². The lowest BCUT2D eigenvalue weighted by molar-refractivity contribution is 0.0622. The number of hydrogen-bond acceptors (Lipinski definition) is 4. The quantitative estimate of drug-likeness (QED) is 0.161. The highest BCUT2D eigenvalue weighted by molar-refractivity contribution is 6.06. The Morgan fingerprint density at radius 1 is 0.561 bits per heavy atom. The van der Waals surface area contributed by atoms with Crippen LogP contribution in [0.5, 0.6) is 0 Å². The highest BCUT2D eigenvalue weighted by Crippen LogP contribution is 2.49. The predicted octanol–water partition coefficient (Wildman–Crippen LogP) is 13.5. The van der Waals surface area contributed by atoms with Gasteiger partial charge in [0.05, 0.1) is 32.2 Å². The molecule has 10 rings (SSSR count). The van der Waals surface area contributed by atoms with E-state index in [1.165, 1.54) is 57.8 Å². The highest BCUT2D eigenvalue weighted by Gasteiger charge is 2.40. The third-order valence-corrected chi connectivity index (χ3v) is 15.8. The van der Waals surface area contributed by atoms with Gasteiger partial charge in [-0.2, -0.15) is 0 Å². The van der Waals surface area contributed by atoms with Crippen LogP contribution in [0.15, 0.2) is 95.2 Å². The lowest BCUT2D eigenvalue weighted by Gasteiger charge is -2.46. The van der Waals surface area contributed by atoms with Crippen molar-refractivity contribution in [2.24, 2.45) is 53.3 Å². The first-order chi connectivity index (χ1) is 32.5. The summed E-state index contributed by atoms with van der Waals surface area (Å²) >= 11 is 0. The molecule has 0 amide bonds. The summed E-state index contributed by atoms with van der Waals surface area (Å²) in [6, 6.07) is 6.31. The Balaban J connectivity index is 1.02. The van der Waals surface area contributed by atoms with Gasteiger partial charge in [-0.15, -0.1) is 0 Å². The Bertz CT molecular complexity index is 2720. The minimum Gasteiger partial charge on any atom is -0.456 e. The largest absolute Gasteiger partial charge is 0.456 e. The summed E-state index contributed by atoms with van der Waals surface area (Å²) < 4.78 is 109. The van der Waals surface area contributed by atoms with Gasteiger partial charge in [0.1, 0.15) is 11.2 Å². The number of nitrogens with one attached hydrogen (secondary N) is 3. The van der Waals surface area contributed by atoms with Crippen LogP contribution in [0.1, 0.15) is 155 Å². The van der Waals surface area contributed by atoms with Crippen molar-refractivity contribution in [1.29, 1.82) is 0 Å². The number of benzene rings is 4. The molecular formula is C53H67N3O. The lowest BCUT2D eigenvalue weighted by Crippen LogP contribution is -2.61. The van der Waals surface area contributed by atoms with E-state index in [2.05, 4.69) is 29.8 Å². The summed E-state index contributed by atoms with van der Waals surface area (Å²) in [5, 5.41) is 11.1. The number of fused-ring (bicyclic) bond motifs is 4. The fourth-order valence-corrected chi connectivity index (χ4v) is 11.9. The van der Waals surface area contributed by atoms with Crippen molar-refractivity contribution in [2.45, 2.75) is 129 Å². The van der Waals surface area contributed by atoms with Crippen LogP contribution >= 0.6 is 0 Å². The van der Waals surface area contributed by atoms with Crippen LogP contribution in [0.25, 0.3) is 33.1 Å². The maximum atomic E-state index is 9.70. The van der Waals surface area contributed by atoms with Gasteiger partial charge < -0.3 is 4.42 Å². The number of rotatable bonds is 6. The molecule has 0 radical (unpaired) electrons. The van der Waals surface area contributed by atoms with E-state index in [1.807, 2.05) is 44.2 Å². The summed E-state index contributed by atoms with van der Waals surface area (Å²) in [5.74, 6) is 3.22. The van der Waals surface area contributed by atoms with Crippen molar-refractivity contribution in [3.63, 3.8) is 0 Å². The van der Waals surface area contributed by atoms with E-state index in [4.69, 9.17) is 8.53 Å². The van der Waals surface area contributed by atoms with Crippen LogP contribution in [0.3, 0.4) is 0 Å². The van der Waals surface area contributed by atoms with E-state index in [-0.39, 0.29) is 110 Å². The summed E-state index contributed by atoms with van der Waals surface area (Å²) in [6.07, 6.45) is 12.3. The van der Waals surface area contributed by atoms with Crippen molar-refractivity contribution in [2.75, 3.05) is 0 Å². The fraction of sp³-hybridized carbons (Fsp3) is 0.547. The zero-order valence-electron chi connectivity index (χ0n) is 45.2. The number of hydrogen-bond donors (Lipinski definition) is 3. The monoisotopic (exact) mass is 773 g/mol. The third-order valence-electron chi connectivity index (χ3n) is 15.8. The molecule has 5 aliphatic rings. The first-order valence-corrected chi connectivity index (χ1v) is 22.3. The standard InChI is InChI=1S/C53H67N3O/c1-32-27-48(35(4)34(3)33(32)2)44-16-10-15-41(29-44)43-23-25-46-47-26-24-45(31-50(47)57-49(46)30-43)53-55-51(38-12-6-5-7-13-38)54-52(56-53)39-20-17-37(18-21-39)42-22-19-36-11-8-9-14-40(36)28-42/h5-7,10,12-13,15-16,23-26,29-37,39-40,42,48,51-56H,8-9,11,14,17-22,27-28H2,1-4H3/i10D,15D,16D,23D,24D,25D,26D,27D,29D,30D,31D. The SMILES string of the molecule is [2H]c1c([2H])c(-c2c([2H])c([2H])c3c(oc4c([2H])c(C5NC(c6ccccc6)NC(C6CCC(C7CCC8CCCCC8C7)CC6)N5)c([2H])c([2H])c43)c2[2H])c([2H])c(C2C([2H])C(C)C(C)C(C)C2C)c1[2H]. The van der Waals surface area contributed by atoms with Gasteiger partial charge in [-0.25, -0.2) is 0 Å². The van der Waals surface area contributed by atoms with Crippen LogP contribution in [0.4, 0.5) is 0 Å². The lowest BCUT2D eigenvalue weighted by atomic mass is 9.62. The Kier molecular flexibility index (Phi) is 7.66. The normalized spacial score (nSPS) is 40.2. The Hall–Kier alpha value is -3.44. The van der Waals surface area contributed by atoms with Gasteiger partial charge in [-0.05, 0) is 156 Å². The van der Waals surface area contributed by atoms with E-state index in [0.29, 0.717) is 5.92 Å². The molecule has 57 heavy (non-hydrogen) atoms. The molecule has 2 heterocycles. The summed E-state index contributed by atoms with van der Waals surface area (Å²) in [4.78, 5) is 0. The van der Waals surface area contributed by atoms with Crippen LogP contribution in [0.2, 0.25) is 0 Å². The predicted molar refractivity (Wildman–Crippen MR) is 237 cm³/mol. The van der Waals surface area contributed by atoms with Crippen LogP contribution in [0, 0.1) is 53.3 Å². The Morgan fingerprint density at radius 2 is 1.19 bits per heavy atom. The number of furan rings is 1. The van der Waals surface area contributed by atoms with Crippen molar-refractivity contribution < 1.29 is 19.5 Å². The zero-order chi connectivity index (χ0) is 48.2. The maximum Gasteiger partial charge on any atom is 0.136 e. The molecule has 5 aromatic rings. The van der Waals surface area contributed by atoms with Crippen molar-refractivity contribution in [3.05, 3.63) is 107 Å². The Morgan fingerprint density at radius 3 is 1.98 bits per heavy atom. The highest BCUT2D eigenvalue weighted by atomic mass is 16.3. The van der Waals surface area contributed by atoms with Crippen LogP contribution < -0.4 is 16.0 Å². The minimum atomic E-state index is -0.744. The minimum absolute atomic E-state index is 0.0197. The molecule has 4 saturated carbocycles. The van der Waals surface area contributed by atoms with Gasteiger partial charge >= 0.3 is 0 Å². The van der Waals surface area contributed by atoms with Gasteiger partial charge in [0.25, 0.3) is 0 Å². The molecule has 4 aliphatic carbocycles. The van der Waals surface area contributed by atoms with Crippen LogP contribution in [-0.2, 0) is 0 Å². The Labute approximate surface area is 357 Å². The molecule has 4 aromatic carbocycles. The first-order valence-electron chi connectivity index (χ1n) is 27.9. The fourth-order valence-electron chi connectivity index (χ4n) is 11.9. The van der Waals surface area contributed by atoms with E-state index in [0.717, 1.165) is 42.1 Å². The third kappa shape index (κ3) is 7.42. The summed E-state index contributed by atoms with van der Waals surface area (Å²) in [7, 11) is 0. The first kappa shape index (κ1) is 27.3. The van der Waals surface area contributed by atoms with Crippen molar-refractivity contribution >= 4 is 21.9 Å². The van der Waals surface area contributed by atoms with Crippen molar-refractivity contribution in [1.82, 2.24) is 16.0 Å². The van der Waals surface area contributed by atoms with Crippen molar-refractivity contribution in [3.8, 4) is 11.1 Å². The molecule has 0 bridgehead atoms. The molecule has 1 aromatic heterocycles. The summed E-state index contributed by atoms with van der Waals surface area (Å²) in [5.41, 5.74) is 0.525. The molecule has 3 N–H and O–H groups in total. The second-order valence-corrected chi connectivity index (χ2v) is 18.8. The van der Waals surface area contributed by atoms with Gasteiger partial charge in [-0.1, -0.05) is 126 Å². The molecule has 5 fully saturated rings. The zero-order valence-corrected chi connectivity index (χ0v) is 34.2. The van der Waals surface area contributed by atoms with Gasteiger partial charge in [0, 0.05) is 12.1 Å². The second-order valence-electron chi connectivity index (χ2n) is 18.8. The molecule has 4 nitrogen and oxygen atoms in total. The second kappa shape index (κ2) is 16.0. The molecular weight excluding hydrogens is 695 g/mol. The van der Waals surface area contributed by atoms with Gasteiger partial charge in [-0.3, -0.25) is 16.0 Å². The maximum absolute atomic E-state index is 9.70. The van der Waals surface area contributed by atoms with E-state index in [1.54, 1.807) is 0 Å². The van der Waals surface area contributed by atoms with E-state index >= 15 is 0 Å². The average molecular weight is 773 g/mol. The smallest absolute Gasteiger partial charge is 0.136 e. The molecule has 0 spiro atoms. The molecule has 1 aliphatic heterocycles. The summed E-state index contributed by atoms with van der Waals surface area (Å²) in [6.45, 7) is 8.21. The van der Waals surface area contributed by atoms with Crippen LogP contribution in [-0.4, -0.2) is 6.17 Å². The molecule has 12 atom stereocenters. The molecule has 12 unspecified atom stereocenters. The van der Waals surface area contributed by atoms with E-state index < -0.39 is 48.7 Å². The molecule has 1 saturated heterocycles. The molecule has 4 heteroatoms. The van der Waals surface area contributed by atoms with E-state index in [9.17, 15) is 11.0 Å². The van der Waals surface area contributed by atoms with Gasteiger partial charge in [0.2, 0.25) is 0 Å². The van der Waals surface area contributed by atoms with Gasteiger partial charge in [0.15, 0.2) is 0 Å². The average Bonchev–Trinajstić information content (AvgIpc) is 3.77. The molecule has 300 valence electrons.